The summed E-state index contributed by atoms with van der Waals surface area (Å²) in [7, 11) is -2.74. The van der Waals surface area contributed by atoms with Crippen LogP contribution in [0, 0.1) is 0 Å². The fourth-order valence-electron chi connectivity index (χ4n) is 0.813. The molecule has 5 heteroatoms. The molecule has 0 heterocycles. The van der Waals surface area contributed by atoms with Crippen LogP contribution in [0.5, 0.6) is 0 Å². The summed E-state index contributed by atoms with van der Waals surface area (Å²) in [5.74, 6) is 0. The summed E-state index contributed by atoms with van der Waals surface area (Å²) in [6, 6.07) is 0. The highest BCUT2D eigenvalue weighted by Gasteiger charge is 2.21. The van der Waals surface area contributed by atoms with Crippen LogP contribution in [0.4, 0.5) is 0 Å². The lowest BCUT2D eigenvalue weighted by molar-refractivity contribution is 0.220. The van der Waals surface area contributed by atoms with Crippen molar-refractivity contribution in [1.29, 1.82) is 0 Å². The van der Waals surface area contributed by atoms with Gasteiger partial charge in [0.2, 0.25) is 0 Å². The van der Waals surface area contributed by atoms with Crippen molar-refractivity contribution in [3.63, 3.8) is 0 Å². The standard InChI is InChI=1S/C7H16IO3P/c1-3-10-12(9,11-4-2)7-5-6-8/h3-7H2,1-2H3. The van der Waals surface area contributed by atoms with Gasteiger partial charge < -0.3 is 9.05 Å². The van der Waals surface area contributed by atoms with E-state index in [1.54, 1.807) is 0 Å². The first kappa shape index (κ1) is 12.9. The summed E-state index contributed by atoms with van der Waals surface area (Å²) in [5.41, 5.74) is 0. The lowest BCUT2D eigenvalue weighted by Crippen LogP contribution is -2.00. The van der Waals surface area contributed by atoms with Crippen molar-refractivity contribution < 1.29 is 13.6 Å². The summed E-state index contributed by atoms with van der Waals surface area (Å²) in [6.45, 7) is 4.57. The predicted octanol–water partition coefficient (Wildman–Crippen LogP) is 3.08. The van der Waals surface area contributed by atoms with Crippen LogP contribution in [0.15, 0.2) is 0 Å². The van der Waals surface area contributed by atoms with Crippen molar-refractivity contribution in [2.75, 3.05) is 23.8 Å². The molecule has 0 radical (unpaired) electrons. The Balaban J connectivity index is 3.90. The van der Waals surface area contributed by atoms with Crippen LogP contribution < -0.4 is 0 Å². The van der Waals surface area contributed by atoms with E-state index in [-0.39, 0.29) is 0 Å². The van der Waals surface area contributed by atoms with Gasteiger partial charge in [-0.15, -0.1) is 0 Å². The second kappa shape index (κ2) is 7.30. The van der Waals surface area contributed by atoms with Crippen molar-refractivity contribution in [2.24, 2.45) is 0 Å². The Hall–Kier alpha value is 0.880. The minimum atomic E-state index is -2.74. The molecule has 0 amide bonds. The number of hydrogen-bond donors (Lipinski definition) is 0. The van der Waals surface area contributed by atoms with E-state index in [2.05, 4.69) is 22.6 Å². The van der Waals surface area contributed by atoms with Crippen LogP contribution in [0.25, 0.3) is 0 Å². The maximum Gasteiger partial charge on any atom is 0.330 e. The first-order valence-electron chi connectivity index (χ1n) is 4.12. The Bertz CT molecular complexity index is 142. The Morgan fingerprint density at radius 2 is 1.75 bits per heavy atom. The van der Waals surface area contributed by atoms with E-state index < -0.39 is 7.60 Å². The molecular weight excluding hydrogens is 290 g/mol. The van der Waals surface area contributed by atoms with Gasteiger partial charge in [-0.25, -0.2) is 0 Å². The fraction of sp³-hybridized carbons (Fsp3) is 1.00. The molecule has 0 aromatic carbocycles. The molecule has 0 aliphatic carbocycles. The average molecular weight is 306 g/mol. The highest BCUT2D eigenvalue weighted by molar-refractivity contribution is 14.1. The third kappa shape index (κ3) is 5.51. The third-order valence-electron chi connectivity index (χ3n) is 1.22. The van der Waals surface area contributed by atoms with E-state index in [9.17, 15) is 4.57 Å². The Labute approximate surface area is 87.9 Å². The van der Waals surface area contributed by atoms with Crippen LogP contribution in [0.1, 0.15) is 20.3 Å². The van der Waals surface area contributed by atoms with E-state index in [1.165, 1.54) is 0 Å². The van der Waals surface area contributed by atoms with Gasteiger partial charge in [-0.2, -0.15) is 0 Å². The first-order chi connectivity index (χ1) is 5.68. The molecule has 0 saturated heterocycles. The normalized spacial score (nSPS) is 11.9. The molecule has 3 nitrogen and oxygen atoms in total. The second-order valence-corrected chi connectivity index (χ2v) is 5.48. The fourth-order valence-corrected chi connectivity index (χ4v) is 3.46. The molecule has 0 rings (SSSR count). The van der Waals surface area contributed by atoms with Gasteiger partial charge in [0.25, 0.3) is 0 Å². The van der Waals surface area contributed by atoms with Gasteiger partial charge in [-0.1, -0.05) is 22.6 Å². The Kier molecular flexibility index (Phi) is 7.83. The summed E-state index contributed by atoms with van der Waals surface area (Å²) in [6.07, 6.45) is 1.43. The van der Waals surface area contributed by atoms with Crippen LogP contribution >= 0.6 is 30.2 Å². The minimum absolute atomic E-state index is 0.457. The van der Waals surface area contributed by atoms with Gasteiger partial charge >= 0.3 is 7.60 Å². The summed E-state index contributed by atoms with van der Waals surface area (Å²) >= 11 is 2.25. The molecule has 0 saturated carbocycles. The van der Waals surface area contributed by atoms with Crippen molar-refractivity contribution in [1.82, 2.24) is 0 Å². The Morgan fingerprint density at radius 1 is 1.25 bits per heavy atom. The highest BCUT2D eigenvalue weighted by atomic mass is 127. The number of alkyl halides is 1. The number of rotatable bonds is 7. The van der Waals surface area contributed by atoms with Crippen LogP contribution in [0.2, 0.25) is 0 Å². The molecule has 0 bridgehead atoms. The molecule has 74 valence electrons. The predicted molar refractivity (Wildman–Crippen MR) is 59.2 cm³/mol. The summed E-state index contributed by atoms with van der Waals surface area (Å²) in [5, 5.41) is 0. The van der Waals surface area contributed by atoms with Gasteiger partial charge in [-0.05, 0) is 20.3 Å². The van der Waals surface area contributed by atoms with E-state index in [1.807, 2.05) is 13.8 Å². The molecule has 0 aromatic heterocycles. The van der Waals surface area contributed by atoms with Gasteiger partial charge in [0.15, 0.2) is 0 Å². The molecule has 0 aliphatic rings. The average Bonchev–Trinajstić information content (AvgIpc) is 2.02. The lowest BCUT2D eigenvalue weighted by Gasteiger charge is -2.15. The third-order valence-corrected chi connectivity index (χ3v) is 4.15. The van der Waals surface area contributed by atoms with E-state index >= 15 is 0 Å². The molecular formula is C7H16IO3P. The molecule has 0 N–H and O–H groups in total. The second-order valence-electron chi connectivity index (χ2n) is 2.21. The van der Waals surface area contributed by atoms with E-state index in [4.69, 9.17) is 9.05 Å². The zero-order chi connectivity index (χ0) is 9.45. The lowest BCUT2D eigenvalue weighted by atomic mass is 10.6. The maximum atomic E-state index is 11.7. The summed E-state index contributed by atoms with van der Waals surface area (Å²) in [4.78, 5) is 0. The van der Waals surface area contributed by atoms with Gasteiger partial charge in [-0.3, -0.25) is 4.57 Å². The zero-order valence-corrected chi connectivity index (χ0v) is 10.6. The SMILES string of the molecule is CCOP(=O)(CCCI)OCC. The molecule has 0 aliphatic heterocycles. The largest absolute Gasteiger partial charge is 0.330 e. The summed E-state index contributed by atoms with van der Waals surface area (Å²) < 4.78 is 22.9. The van der Waals surface area contributed by atoms with Crippen molar-refractivity contribution in [3.05, 3.63) is 0 Å². The van der Waals surface area contributed by atoms with Crippen LogP contribution in [0.3, 0.4) is 0 Å². The molecule has 0 aromatic rings. The van der Waals surface area contributed by atoms with Crippen molar-refractivity contribution in [3.8, 4) is 0 Å². The number of hydrogen-bond acceptors (Lipinski definition) is 3. The van der Waals surface area contributed by atoms with Gasteiger partial charge in [0.05, 0.1) is 19.4 Å². The Morgan fingerprint density at radius 3 is 2.08 bits per heavy atom. The van der Waals surface area contributed by atoms with E-state index in [0.29, 0.717) is 19.4 Å². The van der Waals surface area contributed by atoms with Crippen LogP contribution in [-0.4, -0.2) is 23.8 Å². The number of halogens is 1. The molecule has 12 heavy (non-hydrogen) atoms. The highest BCUT2D eigenvalue weighted by Crippen LogP contribution is 2.48. The molecule has 0 unspecified atom stereocenters. The van der Waals surface area contributed by atoms with Crippen molar-refractivity contribution in [2.45, 2.75) is 20.3 Å². The maximum absolute atomic E-state index is 11.7. The van der Waals surface area contributed by atoms with Crippen molar-refractivity contribution >= 4 is 30.2 Å². The van der Waals surface area contributed by atoms with E-state index in [0.717, 1.165) is 10.8 Å². The topological polar surface area (TPSA) is 35.5 Å². The van der Waals surface area contributed by atoms with Gasteiger partial charge in [0, 0.05) is 4.43 Å². The molecule has 0 atom stereocenters. The minimum Gasteiger partial charge on any atom is -0.309 e. The van der Waals surface area contributed by atoms with Gasteiger partial charge in [0.1, 0.15) is 0 Å². The quantitative estimate of drug-likeness (QED) is 0.412. The monoisotopic (exact) mass is 306 g/mol. The molecule has 0 spiro atoms. The van der Waals surface area contributed by atoms with Crippen LogP contribution in [-0.2, 0) is 13.6 Å². The zero-order valence-electron chi connectivity index (χ0n) is 7.59. The first-order valence-corrected chi connectivity index (χ1v) is 7.38. The molecule has 0 fully saturated rings. The smallest absolute Gasteiger partial charge is 0.309 e.